The average Bonchev–Trinajstić information content (AvgIpc) is 3.11. The van der Waals surface area contributed by atoms with Crippen LogP contribution in [-0.2, 0) is 6.54 Å². The Morgan fingerprint density at radius 2 is 2.08 bits per heavy atom. The highest BCUT2D eigenvalue weighted by molar-refractivity contribution is 7.17. The summed E-state index contributed by atoms with van der Waals surface area (Å²) in [6.07, 6.45) is 1.58. The van der Waals surface area contributed by atoms with Crippen molar-refractivity contribution in [2.45, 2.75) is 13.5 Å². The molecule has 0 saturated carbocycles. The molecule has 1 amide bonds. The molecule has 0 spiro atoms. The molecular weight excluding hydrogens is 356 g/mol. The number of halogens is 1. The zero-order valence-electron chi connectivity index (χ0n) is 13.7. The third-order valence-electron chi connectivity index (χ3n) is 3.50. The van der Waals surface area contributed by atoms with E-state index >= 15 is 0 Å². The average molecular weight is 373 g/mol. The highest BCUT2D eigenvalue weighted by atomic mass is 35.5. The zero-order chi connectivity index (χ0) is 17.6. The highest BCUT2D eigenvalue weighted by Gasteiger charge is 2.13. The third-order valence-corrected chi connectivity index (χ3v) is 4.86. The minimum Gasteiger partial charge on any atom is -0.494 e. The number of hydrogen-bond donors (Lipinski definition) is 1. The number of carbonyl (C=O) groups excluding carboxylic acids is 1. The monoisotopic (exact) mass is 372 g/mol. The maximum Gasteiger partial charge on any atom is 0.263 e. The van der Waals surface area contributed by atoms with Crippen LogP contribution in [0.2, 0.25) is 5.02 Å². The van der Waals surface area contributed by atoms with Gasteiger partial charge in [0, 0.05) is 12.1 Å². The van der Waals surface area contributed by atoms with Crippen molar-refractivity contribution in [2.75, 3.05) is 6.61 Å². The number of nitrogens with zero attached hydrogens (tertiary/aromatic N) is 1. The summed E-state index contributed by atoms with van der Waals surface area (Å²) in [6.45, 7) is 2.98. The van der Waals surface area contributed by atoms with Gasteiger partial charge in [0.1, 0.15) is 15.6 Å². The van der Waals surface area contributed by atoms with E-state index < -0.39 is 0 Å². The van der Waals surface area contributed by atoms with Gasteiger partial charge in [-0.3, -0.25) is 4.79 Å². The van der Waals surface area contributed by atoms with Crippen LogP contribution in [0, 0.1) is 0 Å². The summed E-state index contributed by atoms with van der Waals surface area (Å²) >= 11 is 7.51. The van der Waals surface area contributed by atoms with E-state index in [0.29, 0.717) is 23.1 Å². The normalized spacial score (nSPS) is 10.5. The molecule has 0 radical (unpaired) electrons. The van der Waals surface area contributed by atoms with Crippen molar-refractivity contribution >= 4 is 28.8 Å². The van der Waals surface area contributed by atoms with Crippen molar-refractivity contribution in [3.05, 3.63) is 70.2 Å². The van der Waals surface area contributed by atoms with Crippen molar-refractivity contribution in [3.63, 3.8) is 0 Å². The van der Waals surface area contributed by atoms with Gasteiger partial charge in [0.2, 0.25) is 0 Å². The Bertz CT molecular complexity index is 879. The lowest BCUT2D eigenvalue weighted by Crippen LogP contribution is -2.21. The first kappa shape index (κ1) is 17.5. The first-order chi connectivity index (χ1) is 12.2. The van der Waals surface area contributed by atoms with Crippen LogP contribution >= 0.6 is 22.9 Å². The van der Waals surface area contributed by atoms with Crippen molar-refractivity contribution < 1.29 is 9.53 Å². The molecule has 0 saturated heterocycles. The van der Waals surface area contributed by atoms with Crippen LogP contribution in [0.4, 0.5) is 0 Å². The largest absolute Gasteiger partial charge is 0.494 e. The van der Waals surface area contributed by atoms with Gasteiger partial charge in [-0.15, -0.1) is 11.3 Å². The number of amides is 1. The number of hydrogen-bond acceptors (Lipinski definition) is 4. The van der Waals surface area contributed by atoms with Gasteiger partial charge < -0.3 is 10.1 Å². The zero-order valence-corrected chi connectivity index (χ0v) is 15.2. The van der Waals surface area contributed by atoms with E-state index in [4.69, 9.17) is 16.3 Å². The first-order valence-electron chi connectivity index (χ1n) is 7.88. The smallest absolute Gasteiger partial charge is 0.263 e. The lowest BCUT2D eigenvalue weighted by Gasteiger charge is -2.07. The molecular formula is C19H17ClN2O2S. The van der Waals surface area contributed by atoms with Crippen LogP contribution < -0.4 is 10.1 Å². The molecule has 0 bridgehead atoms. The first-order valence-corrected chi connectivity index (χ1v) is 9.07. The quantitative estimate of drug-likeness (QED) is 0.676. The van der Waals surface area contributed by atoms with Gasteiger partial charge >= 0.3 is 0 Å². The van der Waals surface area contributed by atoms with E-state index in [2.05, 4.69) is 10.3 Å². The molecule has 0 aliphatic rings. The Balaban J connectivity index is 1.66. The number of ether oxygens (including phenoxy) is 1. The number of aromatic nitrogens is 1. The van der Waals surface area contributed by atoms with Gasteiger partial charge in [0.25, 0.3) is 5.91 Å². The van der Waals surface area contributed by atoms with Gasteiger partial charge in [-0.1, -0.05) is 41.9 Å². The number of carbonyl (C=O) groups is 1. The predicted octanol–water partition coefficient (Wildman–Crippen LogP) is 4.79. The molecule has 1 heterocycles. The standard InChI is InChI=1S/C19H17ClN2O2S/c1-2-24-14-7-5-6-13(10-14)11-21-18(23)17-12-22-19(25-17)15-8-3-4-9-16(15)20/h3-10,12H,2,11H2,1H3,(H,21,23). The Kier molecular flexibility index (Phi) is 5.68. The Hall–Kier alpha value is -2.37. The highest BCUT2D eigenvalue weighted by Crippen LogP contribution is 2.30. The molecule has 0 fully saturated rings. The molecule has 1 aromatic heterocycles. The number of thiazole rings is 1. The molecule has 6 heteroatoms. The fraction of sp³-hybridized carbons (Fsp3) is 0.158. The van der Waals surface area contributed by atoms with E-state index in [0.717, 1.165) is 21.9 Å². The Labute approximate surface area is 155 Å². The molecule has 2 aromatic carbocycles. The molecule has 0 aliphatic carbocycles. The van der Waals surface area contributed by atoms with Gasteiger partial charge in [-0.2, -0.15) is 0 Å². The van der Waals surface area contributed by atoms with E-state index in [-0.39, 0.29) is 5.91 Å². The van der Waals surface area contributed by atoms with Crippen molar-refractivity contribution in [2.24, 2.45) is 0 Å². The SMILES string of the molecule is CCOc1cccc(CNC(=O)c2cnc(-c3ccccc3Cl)s2)c1. The number of rotatable bonds is 6. The second-order valence-corrected chi connectivity index (χ2v) is 6.71. The van der Waals surface area contributed by atoms with Crippen LogP contribution in [0.5, 0.6) is 5.75 Å². The summed E-state index contributed by atoms with van der Waals surface area (Å²) in [5.74, 6) is 0.644. The number of nitrogens with one attached hydrogen (secondary N) is 1. The van der Waals surface area contributed by atoms with Gasteiger partial charge in [0.05, 0.1) is 17.8 Å². The molecule has 4 nitrogen and oxygen atoms in total. The maximum absolute atomic E-state index is 12.4. The summed E-state index contributed by atoms with van der Waals surface area (Å²) in [5, 5.41) is 4.26. The molecule has 128 valence electrons. The van der Waals surface area contributed by atoms with Crippen LogP contribution in [0.15, 0.2) is 54.7 Å². The Morgan fingerprint density at radius 3 is 2.88 bits per heavy atom. The maximum atomic E-state index is 12.4. The summed E-state index contributed by atoms with van der Waals surface area (Å²) in [5.41, 5.74) is 1.81. The van der Waals surface area contributed by atoms with E-state index in [1.165, 1.54) is 11.3 Å². The second kappa shape index (κ2) is 8.14. The lowest BCUT2D eigenvalue weighted by atomic mass is 10.2. The third kappa shape index (κ3) is 4.38. The summed E-state index contributed by atoms with van der Waals surface area (Å²) in [7, 11) is 0. The van der Waals surface area contributed by atoms with Crippen molar-refractivity contribution in [3.8, 4) is 16.3 Å². The van der Waals surface area contributed by atoms with Crippen molar-refractivity contribution in [1.82, 2.24) is 10.3 Å². The van der Waals surface area contributed by atoms with Crippen LogP contribution in [0.1, 0.15) is 22.2 Å². The van der Waals surface area contributed by atoms with Crippen LogP contribution in [0.25, 0.3) is 10.6 Å². The molecule has 0 atom stereocenters. The predicted molar refractivity (Wildman–Crippen MR) is 101 cm³/mol. The van der Waals surface area contributed by atoms with Crippen LogP contribution in [-0.4, -0.2) is 17.5 Å². The van der Waals surface area contributed by atoms with Gasteiger partial charge in [-0.05, 0) is 30.7 Å². The number of benzene rings is 2. The van der Waals surface area contributed by atoms with E-state index in [1.54, 1.807) is 6.20 Å². The molecule has 0 unspecified atom stereocenters. The molecule has 25 heavy (non-hydrogen) atoms. The summed E-state index contributed by atoms with van der Waals surface area (Å²) in [6, 6.07) is 15.1. The van der Waals surface area contributed by atoms with Gasteiger partial charge in [0.15, 0.2) is 0 Å². The fourth-order valence-electron chi connectivity index (χ4n) is 2.32. The topological polar surface area (TPSA) is 51.2 Å². The molecule has 0 aliphatic heterocycles. The second-order valence-electron chi connectivity index (χ2n) is 5.27. The van der Waals surface area contributed by atoms with E-state index in [1.807, 2.05) is 55.5 Å². The molecule has 3 aromatic rings. The Morgan fingerprint density at radius 1 is 1.24 bits per heavy atom. The van der Waals surface area contributed by atoms with Crippen molar-refractivity contribution in [1.29, 1.82) is 0 Å². The minimum atomic E-state index is -0.155. The van der Waals surface area contributed by atoms with E-state index in [9.17, 15) is 4.79 Å². The summed E-state index contributed by atoms with van der Waals surface area (Å²) < 4.78 is 5.47. The van der Waals surface area contributed by atoms with Gasteiger partial charge in [-0.25, -0.2) is 4.98 Å². The fourth-order valence-corrected chi connectivity index (χ4v) is 3.47. The summed E-state index contributed by atoms with van der Waals surface area (Å²) in [4.78, 5) is 17.2. The molecule has 3 rings (SSSR count). The lowest BCUT2D eigenvalue weighted by molar-refractivity contribution is 0.0954. The molecule has 1 N–H and O–H groups in total. The minimum absolute atomic E-state index is 0.155. The van der Waals surface area contributed by atoms with Crippen LogP contribution in [0.3, 0.4) is 0 Å².